The number of nitrogens with zero attached hydrogens (tertiary/aromatic N) is 5. The zero-order chi connectivity index (χ0) is 28.1. The van der Waals surface area contributed by atoms with Crippen molar-refractivity contribution in [2.45, 2.75) is 0 Å². The summed E-state index contributed by atoms with van der Waals surface area (Å²) in [6.07, 6.45) is 5.80. The Balaban J connectivity index is 1.48. The molecule has 0 saturated heterocycles. The minimum absolute atomic E-state index is 0.935. The first-order valence-electron chi connectivity index (χ1n) is 14.5. The maximum absolute atomic E-state index is 4.91. The summed E-state index contributed by atoms with van der Waals surface area (Å²) in [5.74, 6) is 0. The molecule has 5 aromatic carbocycles. The van der Waals surface area contributed by atoms with Gasteiger partial charge in [-0.1, -0.05) is 66.7 Å². The first kappa shape index (κ1) is 22.7. The number of pyridine rings is 2. The molecule has 0 fully saturated rings. The highest BCUT2D eigenvalue weighted by Crippen LogP contribution is 2.43. The third-order valence-electron chi connectivity index (χ3n) is 8.92. The smallest absolute Gasteiger partial charge is 0.147 e. The minimum Gasteiger partial charge on any atom is -0.309 e. The molecule has 200 valence electrons. The molecule has 0 aliphatic carbocycles. The van der Waals surface area contributed by atoms with Crippen molar-refractivity contribution in [3.05, 3.63) is 140 Å². The number of hydrogen-bond donors (Lipinski definition) is 0. The molecule has 0 radical (unpaired) electrons. The zero-order valence-corrected chi connectivity index (χ0v) is 23.0. The van der Waals surface area contributed by atoms with E-state index in [1.807, 2.05) is 24.7 Å². The molecule has 0 N–H and O–H groups in total. The maximum Gasteiger partial charge on any atom is 0.147 e. The van der Waals surface area contributed by atoms with Crippen molar-refractivity contribution in [3.8, 4) is 11.4 Å². The van der Waals surface area contributed by atoms with E-state index in [2.05, 4.69) is 129 Å². The molecule has 0 unspecified atom stereocenters. The fraction of sp³-hybridized carbons (Fsp3) is 0. The second-order valence-corrected chi connectivity index (χ2v) is 11.1. The highest BCUT2D eigenvalue weighted by atomic mass is 15.0. The van der Waals surface area contributed by atoms with E-state index in [9.17, 15) is 0 Å². The summed E-state index contributed by atoms with van der Waals surface area (Å²) in [6.45, 7) is 0. The van der Waals surface area contributed by atoms with Crippen LogP contribution in [0.2, 0.25) is 0 Å². The molecule has 5 heterocycles. The van der Waals surface area contributed by atoms with Gasteiger partial charge in [-0.3, -0.25) is 9.38 Å². The van der Waals surface area contributed by atoms with Crippen LogP contribution in [0, 0.1) is 0 Å². The number of aromatic nitrogens is 5. The van der Waals surface area contributed by atoms with Gasteiger partial charge >= 0.3 is 0 Å². The van der Waals surface area contributed by atoms with E-state index in [4.69, 9.17) is 9.97 Å². The molecule has 10 rings (SSSR count). The van der Waals surface area contributed by atoms with Crippen LogP contribution < -0.4 is 0 Å². The predicted octanol–water partition coefficient (Wildman–Crippen LogP) is 9.23. The van der Waals surface area contributed by atoms with Crippen LogP contribution in [-0.2, 0) is 0 Å². The van der Waals surface area contributed by atoms with Crippen molar-refractivity contribution < 1.29 is 0 Å². The highest BCUT2D eigenvalue weighted by Gasteiger charge is 2.22. The monoisotopic (exact) mass is 549 g/mol. The summed E-state index contributed by atoms with van der Waals surface area (Å²) >= 11 is 0. The topological polar surface area (TPSA) is 40.1 Å². The van der Waals surface area contributed by atoms with E-state index in [1.54, 1.807) is 0 Å². The van der Waals surface area contributed by atoms with Crippen LogP contribution in [0.25, 0.3) is 82.4 Å². The van der Waals surface area contributed by atoms with E-state index < -0.39 is 0 Å². The first-order valence-corrected chi connectivity index (χ1v) is 14.5. The van der Waals surface area contributed by atoms with Gasteiger partial charge in [-0.2, -0.15) is 0 Å². The Hall–Kier alpha value is -5.94. The molecule has 0 spiro atoms. The van der Waals surface area contributed by atoms with Crippen LogP contribution in [0.1, 0.15) is 0 Å². The van der Waals surface area contributed by atoms with Crippen LogP contribution in [0.3, 0.4) is 0 Å². The Bertz CT molecular complexity index is 2710. The molecule has 43 heavy (non-hydrogen) atoms. The quantitative estimate of drug-likeness (QED) is 0.202. The average Bonchev–Trinajstić information content (AvgIpc) is 3.77. The van der Waals surface area contributed by atoms with Gasteiger partial charge in [0.2, 0.25) is 0 Å². The summed E-state index contributed by atoms with van der Waals surface area (Å²) in [5, 5.41) is 7.08. The Morgan fingerprint density at radius 3 is 1.91 bits per heavy atom. The van der Waals surface area contributed by atoms with Crippen molar-refractivity contribution in [1.29, 1.82) is 0 Å². The molecule has 0 amide bonds. The predicted molar refractivity (Wildman–Crippen MR) is 177 cm³/mol. The number of para-hydroxylation sites is 3. The molecular formula is C38H23N5. The lowest BCUT2D eigenvalue weighted by Crippen LogP contribution is -1.97. The average molecular weight is 550 g/mol. The Morgan fingerprint density at radius 1 is 0.442 bits per heavy atom. The Kier molecular flexibility index (Phi) is 4.39. The van der Waals surface area contributed by atoms with Gasteiger partial charge < -0.3 is 9.13 Å². The lowest BCUT2D eigenvalue weighted by atomic mass is 10.0. The maximum atomic E-state index is 4.91. The normalized spacial score (nSPS) is 12.2. The number of imidazole rings is 1. The van der Waals surface area contributed by atoms with Crippen LogP contribution in [0.5, 0.6) is 0 Å². The van der Waals surface area contributed by atoms with Gasteiger partial charge in [0.05, 0.1) is 38.5 Å². The third kappa shape index (κ3) is 2.95. The molecule has 10 aromatic rings. The van der Waals surface area contributed by atoms with Gasteiger partial charge in [0.15, 0.2) is 0 Å². The van der Waals surface area contributed by atoms with Crippen molar-refractivity contribution in [3.63, 3.8) is 0 Å². The molecule has 0 saturated carbocycles. The fourth-order valence-electron chi connectivity index (χ4n) is 7.17. The second-order valence-electron chi connectivity index (χ2n) is 11.1. The molecule has 0 aliphatic heterocycles. The van der Waals surface area contributed by atoms with Crippen LogP contribution in [-0.4, -0.2) is 23.5 Å². The molecule has 0 bridgehead atoms. The van der Waals surface area contributed by atoms with Gasteiger partial charge in [0, 0.05) is 56.9 Å². The second kappa shape index (κ2) is 8.30. The van der Waals surface area contributed by atoms with Gasteiger partial charge in [0.1, 0.15) is 5.65 Å². The van der Waals surface area contributed by atoms with E-state index in [0.717, 1.165) is 44.3 Å². The Labute approximate surface area is 245 Å². The molecule has 0 aliphatic rings. The van der Waals surface area contributed by atoms with E-state index in [0.29, 0.717) is 0 Å². The van der Waals surface area contributed by atoms with E-state index >= 15 is 0 Å². The van der Waals surface area contributed by atoms with Gasteiger partial charge in [-0.25, -0.2) is 4.98 Å². The number of rotatable bonds is 2. The molecule has 0 atom stereocenters. The van der Waals surface area contributed by atoms with E-state index in [-0.39, 0.29) is 0 Å². The van der Waals surface area contributed by atoms with Crippen molar-refractivity contribution in [2.75, 3.05) is 0 Å². The minimum atomic E-state index is 0.935. The lowest BCUT2D eigenvalue weighted by Gasteiger charge is -2.12. The number of hydrogen-bond acceptors (Lipinski definition) is 2. The van der Waals surface area contributed by atoms with Gasteiger partial charge in [0.25, 0.3) is 0 Å². The molecule has 5 aromatic heterocycles. The summed E-state index contributed by atoms with van der Waals surface area (Å²) in [7, 11) is 0. The van der Waals surface area contributed by atoms with Crippen molar-refractivity contribution in [2.24, 2.45) is 0 Å². The van der Waals surface area contributed by atoms with Gasteiger partial charge in [-0.15, -0.1) is 0 Å². The molecular weight excluding hydrogens is 526 g/mol. The van der Waals surface area contributed by atoms with Crippen molar-refractivity contribution in [1.82, 2.24) is 23.5 Å². The highest BCUT2D eigenvalue weighted by molar-refractivity contribution is 6.27. The Morgan fingerprint density at radius 2 is 1.09 bits per heavy atom. The molecule has 5 nitrogen and oxygen atoms in total. The SMILES string of the molecule is c1ccc(-n2c3ccccc3c3cc4c(cc32)c2ccc3c5ncccc5n5ccnc5c3c2n4-c2ccccc2)cc1. The zero-order valence-electron chi connectivity index (χ0n) is 23.0. The summed E-state index contributed by atoms with van der Waals surface area (Å²) in [6, 6.07) is 43.4. The lowest BCUT2D eigenvalue weighted by molar-refractivity contribution is 1.18. The largest absolute Gasteiger partial charge is 0.309 e. The first-order chi connectivity index (χ1) is 21.4. The third-order valence-corrected chi connectivity index (χ3v) is 8.92. The summed E-state index contributed by atoms with van der Waals surface area (Å²) in [4.78, 5) is 9.77. The van der Waals surface area contributed by atoms with Crippen molar-refractivity contribution >= 4 is 71.1 Å². The van der Waals surface area contributed by atoms with E-state index in [1.165, 1.54) is 38.1 Å². The van der Waals surface area contributed by atoms with Gasteiger partial charge in [-0.05, 0) is 54.6 Å². The molecule has 5 heteroatoms. The standard InChI is InChI=1S/C38H23N5/c1-3-10-24(11-4-1)42-31-15-8-7-14-26(31)29-22-34-30(23-33(29)42)27-17-18-28-35(37(27)43(34)25-12-5-2-6-13-25)38-40-20-21-41(38)32-16-9-19-39-36(28)32/h1-23H. The number of fused-ring (bicyclic) bond motifs is 13. The number of benzene rings is 5. The van der Waals surface area contributed by atoms with Crippen LogP contribution >= 0.6 is 0 Å². The van der Waals surface area contributed by atoms with Crippen LogP contribution in [0.4, 0.5) is 0 Å². The van der Waals surface area contributed by atoms with Crippen LogP contribution in [0.15, 0.2) is 140 Å². The summed E-state index contributed by atoms with van der Waals surface area (Å²) < 4.78 is 6.98. The fourth-order valence-corrected chi connectivity index (χ4v) is 7.17. The summed E-state index contributed by atoms with van der Waals surface area (Å²) in [5.41, 5.74) is 9.94.